The molecule has 46 nitrogen and oxygen atoms in total. The fourth-order valence-electron chi connectivity index (χ4n) is 17.8. The lowest BCUT2D eigenvalue weighted by Crippen LogP contribution is -2.62. The predicted molar refractivity (Wildman–Crippen MR) is 530 cm³/mol. The number of aromatic hydroxyl groups is 1. The number of aliphatic hydroxyl groups excluding tert-OH is 1. The summed E-state index contributed by atoms with van der Waals surface area (Å²) in [6, 6.07) is -7.67. The molecule has 8 rings (SSSR count). The second-order valence-corrected chi connectivity index (χ2v) is 38.6. The average Bonchev–Trinajstić information content (AvgIpc) is 1.65. The average molecular weight is 2040 g/mol. The number of primary amides is 1. The smallest absolute Gasteiger partial charge is 0.327 e. The molecule has 17 atom stereocenters. The van der Waals surface area contributed by atoms with Gasteiger partial charge >= 0.3 is 17.9 Å². The number of aromatic nitrogens is 2. The van der Waals surface area contributed by atoms with Crippen LogP contribution in [0.15, 0.2) is 85.2 Å². The van der Waals surface area contributed by atoms with Crippen molar-refractivity contribution in [3.05, 3.63) is 102 Å². The van der Waals surface area contributed by atoms with E-state index >= 15 is 38.4 Å². The van der Waals surface area contributed by atoms with Crippen molar-refractivity contribution in [2.45, 2.75) is 273 Å². The van der Waals surface area contributed by atoms with E-state index in [0.717, 1.165) is 31.5 Å². The highest BCUT2D eigenvalue weighted by molar-refractivity contribution is 8.00. The Morgan fingerprint density at radius 2 is 1.11 bits per heavy atom. The zero-order chi connectivity index (χ0) is 107. The number of hydrogen-bond donors (Lipinski definition) is 20. The number of para-hydroxylation sites is 2. The second kappa shape index (κ2) is 55.0. The van der Waals surface area contributed by atoms with E-state index in [4.69, 9.17) is 23.6 Å². The molecule has 0 spiro atoms. The fourth-order valence-corrected chi connectivity index (χ4v) is 18.6. The molecule has 0 bridgehead atoms. The minimum absolute atomic E-state index is 0.0537. The van der Waals surface area contributed by atoms with E-state index < -0.39 is 290 Å². The number of rotatable bonds is 31. The standard InChI is InChI=1S/C98H137N21O25S/c1-12-15-26-75-90(135)107-65(37-52(4)5)85(130)113-73(89(134)106-67(44-81(124)125)87(132)105-64(22-14-3)98(143)144)50-145-51-80(123)103-69(39-55-30-32-58(120)33-31-55)93(138)114(9)54(8)83(128)109-71(43-79(101)122)95(140)118-36-21-29-76(118)91(136)112-72(45-100)88(133)110-68(38-53(6)7)96(141)119-48-59(121)42-78(119)92(137)108-66(40-56-46-102-62-25-19-17-23-60(56)62)86(131)104-63(34-35-99)84(129)111-70(94(139)116(11)77(27-16-13-2)97(142)115(75)10)41-57-47-117(49-82(126)127)74-28-20-18-24-61(57)74/h3,17-20,23-25,28,30-33,46-47,52-54,59,63-73,75-78,102,120-121H,12-13,15-16,21-22,26-27,29,34-45,48-51,99-100H2,1-2,4-11H3,(H2,101,122)(H,103,123)(H,104,131)(H,105,132)(H,106,134)(H,107,135)(H,108,137)(H,109,128)(H,110,133)(H,111,129)(H,112,136)(H,113,130)(H,124,125)(H,126,127)(H,143,144)/t54-,59+,63-,64-,65-,66-,67-,68-,69-,70-,71-,72-,73-,75-,76-,77-,78-/m0/s1. The molecule has 23 N–H and O–H groups in total. The van der Waals surface area contributed by atoms with Gasteiger partial charge in [0.1, 0.15) is 109 Å². The van der Waals surface area contributed by atoms with Crippen LogP contribution in [0.25, 0.3) is 21.8 Å². The summed E-state index contributed by atoms with van der Waals surface area (Å²) < 4.78 is 1.41. The van der Waals surface area contributed by atoms with E-state index in [2.05, 4.69) is 69.4 Å². The number of phenols is 1. The molecule has 5 heterocycles. The number of hydrogen-bond acceptors (Lipinski definition) is 25. The highest BCUT2D eigenvalue weighted by Crippen LogP contribution is 2.29. The van der Waals surface area contributed by atoms with E-state index in [1.807, 2.05) is 0 Å². The number of unbranched alkanes of at least 4 members (excludes halogenated alkanes) is 2. The summed E-state index contributed by atoms with van der Waals surface area (Å²) in [7, 11) is 3.76. The molecule has 790 valence electrons. The number of nitrogens with zero attached hydrogens (tertiary/aromatic N) is 6. The van der Waals surface area contributed by atoms with Gasteiger partial charge in [-0.25, -0.2) is 4.79 Å². The number of aliphatic hydroxyl groups is 1. The first-order valence-electron chi connectivity index (χ1n) is 48.4. The van der Waals surface area contributed by atoms with Crippen molar-refractivity contribution in [1.82, 2.24) is 92.5 Å². The minimum Gasteiger partial charge on any atom is -0.508 e. The molecule has 2 aromatic heterocycles. The van der Waals surface area contributed by atoms with Crippen LogP contribution in [-0.2, 0) is 122 Å². The number of nitrogens with two attached hydrogens (primary N) is 3. The summed E-state index contributed by atoms with van der Waals surface area (Å²) in [5.41, 5.74) is 20.3. The molecular weight excluding hydrogens is 1900 g/mol. The number of nitrogens with one attached hydrogen (secondary N) is 12. The van der Waals surface area contributed by atoms with E-state index in [1.54, 1.807) is 96.3 Å². The van der Waals surface area contributed by atoms with Crippen molar-refractivity contribution in [3.63, 3.8) is 0 Å². The molecule has 3 saturated heterocycles. The number of thioether (sulfide) groups is 1. The number of terminal acetylenes is 1. The predicted octanol–water partition coefficient (Wildman–Crippen LogP) is -2.29. The van der Waals surface area contributed by atoms with Crippen LogP contribution in [-0.4, -0.2) is 340 Å². The van der Waals surface area contributed by atoms with Crippen LogP contribution < -0.4 is 75.7 Å². The minimum atomic E-state index is -2.10. The number of amides is 17. The number of aliphatic carboxylic acids is 3. The number of carbonyl (C=O) groups is 20. The van der Waals surface area contributed by atoms with E-state index in [1.165, 1.54) is 56.0 Å². The van der Waals surface area contributed by atoms with Crippen molar-refractivity contribution in [1.29, 1.82) is 0 Å². The Hall–Kier alpha value is -14.3. The van der Waals surface area contributed by atoms with Gasteiger partial charge in [-0.3, -0.25) is 91.1 Å². The Labute approximate surface area is 842 Å². The molecule has 5 aromatic rings. The number of aromatic amines is 1. The molecule has 3 aromatic carbocycles. The van der Waals surface area contributed by atoms with Gasteiger partial charge < -0.3 is 135 Å². The fraction of sp³-hybridized carbons (Fsp3) is 0.551. The van der Waals surface area contributed by atoms with Gasteiger partial charge in [0.05, 0.1) is 24.7 Å². The first-order valence-corrected chi connectivity index (χ1v) is 49.6. The molecule has 0 radical (unpaired) electrons. The first-order chi connectivity index (χ1) is 68.7. The number of carbonyl (C=O) groups excluding carboxylic acids is 17. The summed E-state index contributed by atoms with van der Waals surface area (Å²) in [6.45, 7) is 9.49. The van der Waals surface area contributed by atoms with Crippen LogP contribution in [0, 0.1) is 24.2 Å². The van der Waals surface area contributed by atoms with Gasteiger partial charge in [0.2, 0.25) is 100 Å². The van der Waals surface area contributed by atoms with Crippen LogP contribution in [0.1, 0.15) is 161 Å². The summed E-state index contributed by atoms with van der Waals surface area (Å²) in [5, 5.41) is 81.2. The van der Waals surface area contributed by atoms with Gasteiger partial charge in [0, 0.05) is 113 Å². The van der Waals surface area contributed by atoms with E-state index in [9.17, 15) is 83.1 Å². The Balaban J connectivity index is 1.24. The van der Waals surface area contributed by atoms with E-state index in [0.29, 0.717) is 63.1 Å². The summed E-state index contributed by atoms with van der Waals surface area (Å²) in [5.74, 6) is -22.4. The third kappa shape index (κ3) is 32.6. The van der Waals surface area contributed by atoms with Gasteiger partial charge in [-0.15, -0.1) is 24.1 Å². The highest BCUT2D eigenvalue weighted by Gasteiger charge is 2.47. The van der Waals surface area contributed by atoms with Crippen LogP contribution in [0.5, 0.6) is 5.75 Å². The largest absolute Gasteiger partial charge is 0.508 e. The number of H-pyrrole nitrogens is 1. The van der Waals surface area contributed by atoms with Crippen molar-refractivity contribution >= 4 is 152 Å². The zero-order valence-electron chi connectivity index (χ0n) is 83.0. The number of carboxylic acid groups (broad SMARTS) is 3. The Bertz CT molecular complexity index is 5550. The molecule has 0 saturated carbocycles. The molecule has 3 aliphatic rings. The van der Waals surface area contributed by atoms with Crippen molar-refractivity contribution in [3.8, 4) is 18.1 Å². The van der Waals surface area contributed by atoms with Crippen molar-refractivity contribution < 1.29 is 121 Å². The molecular formula is C98H137N21O25S. The molecule has 3 aliphatic heterocycles. The van der Waals surface area contributed by atoms with Crippen LogP contribution in [0.2, 0.25) is 0 Å². The van der Waals surface area contributed by atoms with Gasteiger partial charge in [-0.1, -0.05) is 116 Å². The van der Waals surface area contributed by atoms with Gasteiger partial charge in [0.15, 0.2) is 0 Å². The number of benzene rings is 3. The molecule has 47 heteroatoms. The maximum atomic E-state index is 16.1. The number of carboxylic acids is 3. The van der Waals surface area contributed by atoms with E-state index in [-0.39, 0.29) is 95.4 Å². The van der Waals surface area contributed by atoms with Gasteiger partial charge in [-0.2, -0.15) is 0 Å². The second-order valence-electron chi connectivity index (χ2n) is 37.6. The zero-order valence-corrected chi connectivity index (χ0v) is 83.8. The van der Waals surface area contributed by atoms with Crippen molar-refractivity contribution in [2.24, 2.45) is 29.0 Å². The SMILES string of the molecule is C#CC[C@H](NC(=O)[C@H](CC(=O)O)NC(=O)[C@@H]1CSCC(=O)N[C@@H](Cc2ccc(O)cc2)C(=O)N(C)[C@@H](C)C(=O)N[C@@H](CC(N)=O)C(=O)N2CCC[C@H]2C(=O)N[C@@H](CN)C(=O)N[C@@H](CC(C)C)C(=O)N2C[C@H](O)C[C@H]2C(=O)N[C@@H](Cc2c[nH]c3ccccc23)C(=O)N[C@@H](CCN)C(=O)N[C@@H](Cc2cn(CC(=O)O)c3ccccc23)C(=O)N(C)[C@@H](CCCC)C(=O)N(C)[C@@H](CCCC)C(=O)N[C@@H](CC(C)C)C(=O)N1)C(=O)O. The van der Waals surface area contributed by atoms with Crippen LogP contribution >= 0.6 is 11.8 Å². The Morgan fingerprint density at radius 3 is 1.74 bits per heavy atom. The highest BCUT2D eigenvalue weighted by atomic mass is 32.2. The third-order valence-corrected chi connectivity index (χ3v) is 26.6. The molecule has 0 aliphatic carbocycles. The molecule has 145 heavy (non-hydrogen) atoms. The summed E-state index contributed by atoms with van der Waals surface area (Å²) in [4.78, 5) is 300. The Morgan fingerprint density at radius 1 is 0.559 bits per heavy atom. The quantitative estimate of drug-likeness (QED) is 0.0208. The van der Waals surface area contributed by atoms with Crippen LogP contribution in [0.3, 0.4) is 0 Å². The molecule has 17 amide bonds. The molecule has 3 fully saturated rings. The molecule has 0 unspecified atom stereocenters. The topological polar surface area (TPSA) is 690 Å². The maximum absolute atomic E-state index is 16.1. The monoisotopic (exact) mass is 2040 g/mol. The number of fused-ring (bicyclic) bond motifs is 4. The van der Waals surface area contributed by atoms with Crippen molar-refractivity contribution in [2.75, 3.05) is 58.8 Å². The lowest BCUT2D eigenvalue weighted by molar-refractivity contribution is -0.149. The summed E-state index contributed by atoms with van der Waals surface area (Å²) in [6.07, 6.45) is 3.53. The number of phenolic OH excluding ortho intramolecular Hbond substituents is 1. The normalized spacial score (nSPS) is 24.3. The first kappa shape index (κ1) is 116. The summed E-state index contributed by atoms with van der Waals surface area (Å²) >= 11 is 0.621. The van der Waals surface area contributed by atoms with Crippen LogP contribution in [0.4, 0.5) is 0 Å². The van der Waals surface area contributed by atoms with Gasteiger partial charge in [-0.05, 0) is 111 Å². The van der Waals surface area contributed by atoms with Gasteiger partial charge in [0.25, 0.3) is 0 Å². The Kier molecular flexibility index (Phi) is 44.0. The maximum Gasteiger partial charge on any atom is 0.327 e. The lowest BCUT2D eigenvalue weighted by Gasteiger charge is -2.36. The lowest BCUT2D eigenvalue weighted by atomic mass is 9.99. The third-order valence-electron chi connectivity index (χ3n) is 25.6. The number of likely N-dealkylation sites (N-methyl/N-ethyl adjacent to an activating group) is 3.